The lowest BCUT2D eigenvalue weighted by Crippen LogP contribution is -2.09. The first-order chi connectivity index (χ1) is 10.8. The van der Waals surface area contributed by atoms with Crippen molar-refractivity contribution in [1.29, 1.82) is 0 Å². The van der Waals surface area contributed by atoms with Crippen LogP contribution in [0.25, 0.3) is 33.2 Å². The summed E-state index contributed by atoms with van der Waals surface area (Å²) < 4.78 is 2.08. The van der Waals surface area contributed by atoms with E-state index in [9.17, 15) is 4.79 Å². The molecule has 0 aliphatic heterocycles. The molecule has 2 aromatic carbocycles. The number of hydrogen-bond donors (Lipinski definition) is 1. The number of benzene rings is 2. The summed E-state index contributed by atoms with van der Waals surface area (Å²) in [6, 6.07) is 16.3. The van der Waals surface area contributed by atoms with Gasteiger partial charge in [-0.3, -0.25) is 4.79 Å². The van der Waals surface area contributed by atoms with Gasteiger partial charge in [-0.25, -0.2) is 0 Å². The van der Waals surface area contributed by atoms with Crippen LogP contribution in [-0.2, 0) is 13.5 Å². The molecule has 1 aliphatic rings. The van der Waals surface area contributed by atoms with Gasteiger partial charge in [0.1, 0.15) is 5.65 Å². The van der Waals surface area contributed by atoms with Crippen LogP contribution in [0.5, 0.6) is 0 Å². The lowest BCUT2D eigenvalue weighted by molar-refractivity contribution is 0.988. The predicted octanol–water partition coefficient (Wildman–Crippen LogP) is 3.59. The highest BCUT2D eigenvalue weighted by atomic mass is 16.1. The monoisotopic (exact) mass is 286 g/mol. The zero-order valence-corrected chi connectivity index (χ0v) is 12.2. The Balaban J connectivity index is 2.01. The third-order valence-electron chi connectivity index (χ3n) is 4.81. The summed E-state index contributed by atoms with van der Waals surface area (Å²) in [7, 11) is 2.01. The molecule has 0 saturated heterocycles. The van der Waals surface area contributed by atoms with Crippen LogP contribution in [0.3, 0.4) is 0 Å². The van der Waals surface area contributed by atoms with Crippen molar-refractivity contribution >= 4 is 21.9 Å². The van der Waals surface area contributed by atoms with Gasteiger partial charge in [0.05, 0.1) is 16.6 Å². The summed E-state index contributed by atoms with van der Waals surface area (Å²) in [5.41, 5.74) is 6.41. The number of aromatic nitrogens is 2. The molecule has 2 aromatic heterocycles. The number of para-hydroxylation sites is 1. The Morgan fingerprint density at radius 3 is 2.73 bits per heavy atom. The van der Waals surface area contributed by atoms with Crippen molar-refractivity contribution < 1.29 is 0 Å². The van der Waals surface area contributed by atoms with Crippen LogP contribution in [-0.4, -0.2) is 9.55 Å². The Hall–Kier alpha value is -2.81. The fourth-order valence-electron chi connectivity index (χ4n) is 3.74. The molecule has 106 valence electrons. The first-order valence-corrected chi connectivity index (χ1v) is 7.46. The highest BCUT2D eigenvalue weighted by Gasteiger charge is 2.24. The Morgan fingerprint density at radius 2 is 1.82 bits per heavy atom. The first kappa shape index (κ1) is 11.8. The van der Waals surface area contributed by atoms with E-state index in [4.69, 9.17) is 0 Å². The van der Waals surface area contributed by atoms with Crippen LogP contribution in [0.15, 0.2) is 53.3 Å². The summed E-state index contributed by atoms with van der Waals surface area (Å²) in [4.78, 5) is 16.6. The summed E-state index contributed by atoms with van der Waals surface area (Å²) in [6.45, 7) is 0. The molecule has 3 heteroatoms. The number of nitrogens with one attached hydrogen (secondary N) is 1. The minimum atomic E-state index is 0.164. The normalized spacial score (nSPS) is 12.8. The molecule has 3 nitrogen and oxygen atoms in total. The number of aryl methyl sites for hydroxylation is 1. The SMILES string of the molecule is Cn1c2ccccc2c2c(=O)c3c([nH]c21)-c1ccccc1C3. The molecule has 0 radical (unpaired) electrons. The number of fused-ring (bicyclic) bond motifs is 6. The van der Waals surface area contributed by atoms with Crippen LogP contribution in [0, 0.1) is 0 Å². The molecule has 4 aromatic rings. The Labute approximate surface area is 126 Å². The molecular formula is C19H14N2O. The van der Waals surface area contributed by atoms with E-state index in [-0.39, 0.29) is 5.43 Å². The van der Waals surface area contributed by atoms with Gasteiger partial charge in [-0.1, -0.05) is 42.5 Å². The Bertz CT molecular complexity index is 1130. The number of aromatic amines is 1. The van der Waals surface area contributed by atoms with Gasteiger partial charge in [-0.2, -0.15) is 0 Å². The number of hydrogen-bond acceptors (Lipinski definition) is 1. The third-order valence-corrected chi connectivity index (χ3v) is 4.81. The van der Waals surface area contributed by atoms with Gasteiger partial charge in [0.15, 0.2) is 5.43 Å². The van der Waals surface area contributed by atoms with Crippen molar-refractivity contribution in [2.45, 2.75) is 6.42 Å². The Kier molecular flexibility index (Phi) is 2.09. The summed E-state index contributed by atoms with van der Waals surface area (Å²) in [5, 5.41) is 1.84. The van der Waals surface area contributed by atoms with Gasteiger partial charge < -0.3 is 9.55 Å². The van der Waals surface area contributed by atoms with E-state index < -0.39 is 0 Å². The molecule has 0 fully saturated rings. The topological polar surface area (TPSA) is 37.8 Å². The molecule has 0 bridgehead atoms. The smallest absolute Gasteiger partial charge is 0.195 e. The molecule has 1 aliphatic carbocycles. The van der Waals surface area contributed by atoms with Crippen LogP contribution in [0.1, 0.15) is 11.1 Å². The number of nitrogens with zero attached hydrogens (tertiary/aromatic N) is 1. The quantitative estimate of drug-likeness (QED) is 0.464. The number of pyridine rings is 1. The lowest BCUT2D eigenvalue weighted by Gasteiger charge is -2.04. The van der Waals surface area contributed by atoms with Crippen molar-refractivity contribution in [2.75, 3.05) is 0 Å². The second-order valence-corrected chi connectivity index (χ2v) is 5.94. The van der Waals surface area contributed by atoms with Crippen molar-refractivity contribution in [2.24, 2.45) is 7.05 Å². The second kappa shape index (κ2) is 3.89. The van der Waals surface area contributed by atoms with Crippen LogP contribution in [0.4, 0.5) is 0 Å². The van der Waals surface area contributed by atoms with Gasteiger partial charge in [0.2, 0.25) is 0 Å². The van der Waals surface area contributed by atoms with Gasteiger partial charge in [0, 0.05) is 30.0 Å². The van der Waals surface area contributed by atoms with E-state index in [1.165, 1.54) is 5.56 Å². The number of H-pyrrole nitrogens is 1. The van der Waals surface area contributed by atoms with E-state index in [2.05, 4.69) is 27.8 Å². The van der Waals surface area contributed by atoms with E-state index in [0.29, 0.717) is 0 Å². The largest absolute Gasteiger partial charge is 0.340 e. The fraction of sp³-hybridized carbons (Fsp3) is 0.105. The molecule has 0 amide bonds. The fourth-order valence-corrected chi connectivity index (χ4v) is 3.74. The minimum absolute atomic E-state index is 0.164. The average Bonchev–Trinajstić information content (AvgIpc) is 3.06. The van der Waals surface area contributed by atoms with E-state index in [1.807, 2.05) is 37.4 Å². The minimum Gasteiger partial charge on any atom is -0.340 e. The Morgan fingerprint density at radius 1 is 1.05 bits per heavy atom. The molecule has 5 rings (SSSR count). The summed E-state index contributed by atoms with van der Waals surface area (Å²) in [5.74, 6) is 0. The van der Waals surface area contributed by atoms with E-state index in [1.54, 1.807) is 0 Å². The van der Waals surface area contributed by atoms with Gasteiger partial charge >= 0.3 is 0 Å². The highest BCUT2D eigenvalue weighted by Crippen LogP contribution is 2.35. The van der Waals surface area contributed by atoms with E-state index in [0.717, 1.165) is 45.2 Å². The highest BCUT2D eigenvalue weighted by molar-refractivity contribution is 6.07. The van der Waals surface area contributed by atoms with Gasteiger partial charge in [-0.15, -0.1) is 0 Å². The van der Waals surface area contributed by atoms with Crippen LogP contribution < -0.4 is 5.43 Å². The maximum Gasteiger partial charge on any atom is 0.195 e. The molecule has 2 heterocycles. The van der Waals surface area contributed by atoms with Gasteiger partial charge in [-0.05, 0) is 11.6 Å². The lowest BCUT2D eigenvalue weighted by atomic mass is 10.1. The first-order valence-electron chi connectivity index (χ1n) is 7.46. The van der Waals surface area contributed by atoms with Crippen molar-refractivity contribution in [1.82, 2.24) is 9.55 Å². The molecule has 1 N–H and O–H groups in total. The molecule has 0 spiro atoms. The zero-order chi connectivity index (χ0) is 14.8. The molecule has 0 saturated carbocycles. The predicted molar refractivity (Wildman–Crippen MR) is 89.3 cm³/mol. The maximum atomic E-state index is 13.1. The van der Waals surface area contributed by atoms with E-state index >= 15 is 0 Å². The third kappa shape index (κ3) is 1.29. The van der Waals surface area contributed by atoms with Gasteiger partial charge in [0.25, 0.3) is 0 Å². The second-order valence-electron chi connectivity index (χ2n) is 5.94. The summed E-state index contributed by atoms with van der Waals surface area (Å²) in [6.07, 6.45) is 0.722. The average molecular weight is 286 g/mol. The summed E-state index contributed by atoms with van der Waals surface area (Å²) >= 11 is 0. The van der Waals surface area contributed by atoms with Crippen LogP contribution in [0.2, 0.25) is 0 Å². The molecule has 0 atom stereocenters. The zero-order valence-electron chi connectivity index (χ0n) is 12.2. The molecule has 0 unspecified atom stereocenters. The maximum absolute atomic E-state index is 13.1. The van der Waals surface area contributed by atoms with Crippen molar-refractivity contribution in [3.05, 3.63) is 69.9 Å². The standard InChI is InChI=1S/C19H14N2O/c1-21-15-9-5-4-8-13(15)16-18(22)14-10-11-6-2-3-7-12(11)17(14)20-19(16)21/h2-9H,10H2,1H3,(H,20,22). The number of rotatable bonds is 0. The van der Waals surface area contributed by atoms with Crippen LogP contribution >= 0.6 is 0 Å². The molecular weight excluding hydrogens is 272 g/mol. The van der Waals surface area contributed by atoms with Crippen molar-refractivity contribution in [3.63, 3.8) is 0 Å². The molecule has 22 heavy (non-hydrogen) atoms. The van der Waals surface area contributed by atoms with Crippen molar-refractivity contribution in [3.8, 4) is 11.3 Å².